The lowest BCUT2D eigenvalue weighted by atomic mass is 10.1. The van der Waals surface area contributed by atoms with Crippen molar-refractivity contribution in [1.29, 1.82) is 0 Å². The molecule has 0 atom stereocenters. The van der Waals surface area contributed by atoms with Crippen LogP contribution in [0.2, 0.25) is 0 Å². The topological polar surface area (TPSA) is 61.5 Å². The monoisotopic (exact) mass is 251 g/mol. The molecule has 0 fully saturated rings. The van der Waals surface area contributed by atoms with Crippen LogP contribution in [-0.4, -0.2) is 19.2 Å². The van der Waals surface area contributed by atoms with E-state index >= 15 is 0 Å². The molecule has 4 heteroatoms. The summed E-state index contributed by atoms with van der Waals surface area (Å²) < 4.78 is 10.3. The van der Waals surface area contributed by atoms with Gasteiger partial charge in [0.05, 0.1) is 6.61 Å². The second-order valence-electron chi connectivity index (χ2n) is 4.61. The van der Waals surface area contributed by atoms with Gasteiger partial charge in [-0.2, -0.15) is 0 Å². The zero-order valence-electron chi connectivity index (χ0n) is 11.0. The SMILES string of the molecule is CC(C)CCCOC(=O)COc1ccc(N)cc1. The van der Waals surface area contributed by atoms with Gasteiger partial charge in [0.2, 0.25) is 0 Å². The quantitative estimate of drug-likeness (QED) is 0.459. The highest BCUT2D eigenvalue weighted by Crippen LogP contribution is 2.12. The standard InChI is InChI=1S/C14H21NO3/c1-11(2)4-3-9-17-14(16)10-18-13-7-5-12(15)6-8-13/h5-8,11H,3-4,9-10,15H2,1-2H3. The molecule has 0 radical (unpaired) electrons. The number of esters is 1. The van der Waals surface area contributed by atoms with E-state index < -0.39 is 0 Å². The normalized spacial score (nSPS) is 10.4. The number of hydrogen-bond acceptors (Lipinski definition) is 4. The fourth-order valence-corrected chi connectivity index (χ4v) is 1.43. The smallest absolute Gasteiger partial charge is 0.344 e. The van der Waals surface area contributed by atoms with Gasteiger partial charge in [-0.1, -0.05) is 13.8 Å². The molecule has 0 amide bonds. The molecule has 1 aromatic rings. The summed E-state index contributed by atoms with van der Waals surface area (Å²) in [5.74, 6) is 0.911. The summed E-state index contributed by atoms with van der Waals surface area (Å²) in [7, 11) is 0. The van der Waals surface area contributed by atoms with Crippen molar-refractivity contribution in [3.05, 3.63) is 24.3 Å². The summed E-state index contributed by atoms with van der Waals surface area (Å²) in [6, 6.07) is 6.90. The van der Waals surface area contributed by atoms with Gasteiger partial charge in [-0.05, 0) is 43.0 Å². The molecule has 0 unspecified atom stereocenters. The van der Waals surface area contributed by atoms with Gasteiger partial charge in [-0.3, -0.25) is 0 Å². The molecule has 18 heavy (non-hydrogen) atoms. The van der Waals surface area contributed by atoms with E-state index in [2.05, 4.69) is 13.8 Å². The van der Waals surface area contributed by atoms with Crippen molar-refractivity contribution in [3.63, 3.8) is 0 Å². The fraction of sp³-hybridized carbons (Fsp3) is 0.500. The van der Waals surface area contributed by atoms with E-state index in [1.165, 1.54) is 0 Å². The number of anilines is 1. The third-order valence-corrected chi connectivity index (χ3v) is 2.43. The van der Waals surface area contributed by atoms with Gasteiger partial charge >= 0.3 is 5.97 Å². The van der Waals surface area contributed by atoms with Crippen molar-refractivity contribution in [3.8, 4) is 5.75 Å². The summed E-state index contributed by atoms with van der Waals surface area (Å²) in [6.45, 7) is 4.69. The maximum absolute atomic E-state index is 11.4. The summed E-state index contributed by atoms with van der Waals surface area (Å²) >= 11 is 0. The average molecular weight is 251 g/mol. The number of carbonyl (C=O) groups excluding carboxylic acids is 1. The van der Waals surface area contributed by atoms with E-state index in [-0.39, 0.29) is 12.6 Å². The highest BCUT2D eigenvalue weighted by atomic mass is 16.6. The van der Waals surface area contributed by atoms with Gasteiger partial charge in [-0.25, -0.2) is 4.79 Å². The number of nitrogen functional groups attached to an aromatic ring is 1. The van der Waals surface area contributed by atoms with Crippen LogP contribution in [0.4, 0.5) is 5.69 Å². The Kier molecular flexibility index (Phi) is 6.05. The molecule has 4 nitrogen and oxygen atoms in total. The Morgan fingerprint density at radius 3 is 2.56 bits per heavy atom. The zero-order valence-corrected chi connectivity index (χ0v) is 11.0. The van der Waals surface area contributed by atoms with E-state index in [0.717, 1.165) is 12.8 Å². The van der Waals surface area contributed by atoms with E-state index in [0.29, 0.717) is 24.0 Å². The summed E-state index contributed by atoms with van der Waals surface area (Å²) in [6.07, 6.45) is 1.96. The predicted octanol–water partition coefficient (Wildman–Crippen LogP) is 2.63. The molecule has 0 bridgehead atoms. The molecule has 2 N–H and O–H groups in total. The van der Waals surface area contributed by atoms with Crippen LogP contribution < -0.4 is 10.5 Å². The zero-order chi connectivity index (χ0) is 13.4. The first-order valence-electron chi connectivity index (χ1n) is 6.22. The van der Waals surface area contributed by atoms with Gasteiger partial charge in [-0.15, -0.1) is 0 Å². The Labute approximate surface area is 108 Å². The minimum Gasteiger partial charge on any atom is -0.482 e. The van der Waals surface area contributed by atoms with Crippen LogP contribution >= 0.6 is 0 Å². The van der Waals surface area contributed by atoms with Crippen LogP contribution in [0.5, 0.6) is 5.75 Å². The molecule has 0 aliphatic carbocycles. The van der Waals surface area contributed by atoms with Gasteiger partial charge in [0.1, 0.15) is 5.75 Å². The fourth-order valence-electron chi connectivity index (χ4n) is 1.43. The van der Waals surface area contributed by atoms with E-state index in [1.807, 2.05) is 0 Å². The van der Waals surface area contributed by atoms with Gasteiger partial charge in [0.15, 0.2) is 6.61 Å². The Morgan fingerprint density at radius 2 is 1.94 bits per heavy atom. The Balaban J connectivity index is 2.15. The highest BCUT2D eigenvalue weighted by molar-refractivity contribution is 5.71. The Morgan fingerprint density at radius 1 is 1.28 bits per heavy atom. The number of hydrogen-bond donors (Lipinski definition) is 1. The third kappa shape index (κ3) is 6.13. The lowest BCUT2D eigenvalue weighted by Crippen LogP contribution is -2.15. The molecule has 0 aliphatic heterocycles. The summed E-state index contributed by atoms with van der Waals surface area (Å²) in [5, 5.41) is 0. The van der Waals surface area contributed by atoms with Crippen LogP contribution in [0.1, 0.15) is 26.7 Å². The van der Waals surface area contributed by atoms with Crippen LogP contribution in [-0.2, 0) is 9.53 Å². The van der Waals surface area contributed by atoms with E-state index in [1.54, 1.807) is 24.3 Å². The van der Waals surface area contributed by atoms with E-state index in [4.69, 9.17) is 15.2 Å². The van der Waals surface area contributed by atoms with Crippen molar-refractivity contribution in [2.45, 2.75) is 26.7 Å². The molecular weight excluding hydrogens is 230 g/mol. The maximum Gasteiger partial charge on any atom is 0.344 e. The van der Waals surface area contributed by atoms with Gasteiger partial charge < -0.3 is 15.2 Å². The lowest BCUT2D eigenvalue weighted by Gasteiger charge is -2.08. The number of carbonyl (C=O) groups is 1. The van der Waals surface area contributed by atoms with E-state index in [9.17, 15) is 4.79 Å². The van der Waals surface area contributed by atoms with Crippen LogP contribution in [0.3, 0.4) is 0 Å². The molecule has 0 aromatic heterocycles. The number of ether oxygens (including phenoxy) is 2. The average Bonchev–Trinajstić information content (AvgIpc) is 2.34. The van der Waals surface area contributed by atoms with Gasteiger partial charge in [0.25, 0.3) is 0 Å². The minimum absolute atomic E-state index is 0.0639. The minimum atomic E-state index is -0.337. The second kappa shape index (κ2) is 7.58. The Hall–Kier alpha value is -1.71. The van der Waals surface area contributed by atoms with Crippen molar-refractivity contribution in [1.82, 2.24) is 0 Å². The second-order valence-corrected chi connectivity index (χ2v) is 4.61. The molecule has 0 spiro atoms. The molecule has 1 aromatic carbocycles. The molecular formula is C14H21NO3. The van der Waals surface area contributed by atoms with Crippen molar-refractivity contribution in [2.24, 2.45) is 5.92 Å². The molecule has 0 heterocycles. The van der Waals surface area contributed by atoms with Crippen LogP contribution in [0, 0.1) is 5.92 Å². The molecule has 0 aliphatic rings. The highest BCUT2D eigenvalue weighted by Gasteiger charge is 2.04. The van der Waals surface area contributed by atoms with Crippen molar-refractivity contribution >= 4 is 11.7 Å². The first kappa shape index (κ1) is 14.4. The number of rotatable bonds is 7. The van der Waals surface area contributed by atoms with Crippen LogP contribution in [0.25, 0.3) is 0 Å². The third-order valence-electron chi connectivity index (χ3n) is 2.43. The Bertz CT molecular complexity index is 360. The largest absolute Gasteiger partial charge is 0.482 e. The molecule has 1 rings (SSSR count). The first-order valence-corrected chi connectivity index (χ1v) is 6.22. The number of nitrogens with two attached hydrogens (primary N) is 1. The summed E-state index contributed by atoms with van der Waals surface area (Å²) in [4.78, 5) is 11.4. The number of benzene rings is 1. The van der Waals surface area contributed by atoms with Crippen molar-refractivity contribution in [2.75, 3.05) is 18.9 Å². The van der Waals surface area contributed by atoms with Gasteiger partial charge in [0, 0.05) is 5.69 Å². The molecule has 0 saturated carbocycles. The summed E-state index contributed by atoms with van der Waals surface area (Å²) in [5.41, 5.74) is 6.21. The molecule has 0 saturated heterocycles. The maximum atomic E-state index is 11.4. The predicted molar refractivity (Wildman–Crippen MR) is 71.4 cm³/mol. The van der Waals surface area contributed by atoms with Crippen molar-refractivity contribution < 1.29 is 14.3 Å². The lowest BCUT2D eigenvalue weighted by molar-refractivity contribution is -0.146. The van der Waals surface area contributed by atoms with Crippen LogP contribution in [0.15, 0.2) is 24.3 Å². The molecule has 100 valence electrons. The first-order chi connectivity index (χ1) is 8.58.